The van der Waals surface area contributed by atoms with Crippen molar-refractivity contribution in [2.24, 2.45) is 0 Å². The summed E-state index contributed by atoms with van der Waals surface area (Å²) in [6.07, 6.45) is 2.31. The van der Waals surface area contributed by atoms with Gasteiger partial charge in [-0.2, -0.15) is 0 Å². The number of aliphatic hydroxyl groups excluding tert-OH is 1. The van der Waals surface area contributed by atoms with E-state index in [1.54, 1.807) is 12.1 Å². The van der Waals surface area contributed by atoms with E-state index in [4.69, 9.17) is 9.15 Å². The Morgan fingerprint density at radius 1 is 1.16 bits per heavy atom. The van der Waals surface area contributed by atoms with Crippen molar-refractivity contribution in [3.63, 3.8) is 0 Å². The van der Waals surface area contributed by atoms with Gasteiger partial charge in [0.05, 0.1) is 31.5 Å². The van der Waals surface area contributed by atoms with Gasteiger partial charge in [0.15, 0.2) is 11.6 Å². The summed E-state index contributed by atoms with van der Waals surface area (Å²) in [6.45, 7) is 2.07. The van der Waals surface area contributed by atoms with E-state index >= 15 is 0 Å². The molecule has 1 aliphatic rings. The third-order valence-electron chi connectivity index (χ3n) is 5.58. The second kappa shape index (κ2) is 8.70. The van der Waals surface area contributed by atoms with Gasteiger partial charge >= 0.3 is 0 Å². The van der Waals surface area contributed by atoms with Crippen LogP contribution >= 0.6 is 0 Å². The molecular formula is C25H22FNO5. The number of Topliss-reactive ketones (excluding diaryl/α,β-unsaturated/α-hetero) is 1. The van der Waals surface area contributed by atoms with Gasteiger partial charge in [0.25, 0.3) is 11.7 Å². The van der Waals surface area contributed by atoms with Crippen molar-refractivity contribution in [3.05, 3.63) is 94.7 Å². The maximum Gasteiger partial charge on any atom is 0.296 e. The third-order valence-corrected chi connectivity index (χ3v) is 5.58. The van der Waals surface area contributed by atoms with Crippen molar-refractivity contribution < 1.29 is 28.2 Å². The average molecular weight is 435 g/mol. The molecule has 1 amide bonds. The Hall–Kier alpha value is -3.87. The van der Waals surface area contributed by atoms with Crippen LogP contribution in [-0.4, -0.2) is 28.8 Å². The summed E-state index contributed by atoms with van der Waals surface area (Å²) >= 11 is 0. The molecular weight excluding hydrogens is 413 g/mol. The smallest absolute Gasteiger partial charge is 0.296 e. The number of nitrogens with zero attached hydrogens (tertiary/aromatic N) is 1. The van der Waals surface area contributed by atoms with Crippen LogP contribution in [0.3, 0.4) is 0 Å². The van der Waals surface area contributed by atoms with Gasteiger partial charge in [-0.05, 0) is 47.9 Å². The van der Waals surface area contributed by atoms with Crippen molar-refractivity contribution >= 4 is 17.4 Å². The summed E-state index contributed by atoms with van der Waals surface area (Å²) in [4.78, 5) is 27.3. The lowest BCUT2D eigenvalue weighted by Gasteiger charge is -2.24. The summed E-state index contributed by atoms with van der Waals surface area (Å²) in [7, 11) is 1.33. The van der Waals surface area contributed by atoms with Gasteiger partial charge < -0.3 is 19.2 Å². The second-order valence-corrected chi connectivity index (χ2v) is 7.45. The predicted octanol–water partition coefficient (Wildman–Crippen LogP) is 4.61. The summed E-state index contributed by atoms with van der Waals surface area (Å²) in [5.74, 6) is -2.23. The fourth-order valence-electron chi connectivity index (χ4n) is 3.86. The van der Waals surface area contributed by atoms with Gasteiger partial charge in [-0.1, -0.05) is 31.2 Å². The van der Waals surface area contributed by atoms with Crippen LogP contribution in [0.4, 0.5) is 4.39 Å². The lowest BCUT2D eigenvalue weighted by atomic mass is 9.94. The van der Waals surface area contributed by atoms with E-state index in [0.717, 1.165) is 18.1 Å². The lowest BCUT2D eigenvalue weighted by molar-refractivity contribution is -0.140. The molecule has 1 atom stereocenters. The number of ether oxygens (including phenoxy) is 1. The predicted molar refractivity (Wildman–Crippen MR) is 115 cm³/mol. The zero-order chi connectivity index (χ0) is 22.8. The highest BCUT2D eigenvalue weighted by molar-refractivity contribution is 6.46. The van der Waals surface area contributed by atoms with Crippen LogP contribution < -0.4 is 4.74 Å². The van der Waals surface area contributed by atoms with Crippen LogP contribution in [0.1, 0.15) is 35.4 Å². The Balaban J connectivity index is 1.85. The molecule has 4 rings (SSSR count). The molecule has 164 valence electrons. The summed E-state index contributed by atoms with van der Waals surface area (Å²) in [6, 6.07) is 13.9. The van der Waals surface area contributed by atoms with E-state index in [1.165, 1.54) is 30.4 Å². The standard InChI is InChI=1S/C25H22FNO5/c1-3-15-6-8-16(9-7-15)22-21(23(28)17-10-11-20(31-2)19(26)13-17)24(29)25(30)27(22)14-18-5-4-12-32-18/h4-13,22,28H,3,14H2,1-2H3/b23-21-. The topological polar surface area (TPSA) is 80.0 Å². The molecule has 1 unspecified atom stereocenters. The number of hydrogen-bond donors (Lipinski definition) is 1. The van der Waals surface area contributed by atoms with Crippen LogP contribution in [0.15, 0.2) is 70.9 Å². The van der Waals surface area contributed by atoms with Gasteiger partial charge in [-0.25, -0.2) is 4.39 Å². The number of amides is 1. The van der Waals surface area contributed by atoms with Crippen LogP contribution in [-0.2, 0) is 22.6 Å². The number of benzene rings is 2. The molecule has 1 aromatic heterocycles. The number of methoxy groups -OCH3 is 1. The van der Waals surface area contributed by atoms with E-state index < -0.39 is 29.3 Å². The molecule has 7 heteroatoms. The van der Waals surface area contributed by atoms with Gasteiger partial charge in [0.1, 0.15) is 11.5 Å². The van der Waals surface area contributed by atoms with Gasteiger partial charge in [-0.15, -0.1) is 0 Å². The third kappa shape index (κ3) is 3.77. The minimum absolute atomic E-state index is 0.00604. The number of aliphatic hydroxyl groups is 1. The van der Waals surface area contributed by atoms with Gasteiger partial charge in [0, 0.05) is 5.56 Å². The molecule has 6 nitrogen and oxygen atoms in total. The van der Waals surface area contributed by atoms with E-state index in [9.17, 15) is 19.1 Å². The van der Waals surface area contributed by atoms with Crippen LogP contribution in [0.5, 0.6) is 5.75 Å². The first-order chi connectivity index (χ1) is 15.4. The van der Waals surface area contributed by atoms with E-state index in [0.29, 0.717) is 11.3 Å². The van der Waals surface area contributed by atoms with E-state index in [2.05, 4.69) is 0 Å². The molecule has 0 bridgehead atoms. The Labute approximate surface area is 184 Å². The first kappa shape index (κ1) is 21.4. The molecule has 3 aromatic rings. The maximum absolute atomic E-state index is 14.3. The first-order valence-corrected chi connectivity index (χ1v) is 10.2. The number of carbonyl (C=O) groups is 2. The van der Waals surface area contributed by atoms with Crippen molar-refractivity contribution in [2.45, 2.75) is 25.9 Å². The molecule has 32 heavy (non-hydrogen) atoms. The monoisotopic (exact) mass is 435 g/mol. The largest absolute Gasteiger partial charge is 0.507 e. The molecule has 0 radical (unpaired) electrons. The fraction of sp³-hybridized carbons (Fsp3) is 0.200. The minimum Gasteiger partial charge on any atom is -0.507 e. The Morgan fingerprint density at radius 2 is 1.91 bits per heavy atom. The number of carbonyl (C=O) groups excluding carboxylic acids is 2. The molecule has 2 heterocycles. The Kier molecular flexibility index (Phi) is 5.81. The van der Waals surface area contributed by atoms with Crippen molar-refractivity contribution in [2.75, 3.05) is 7.11 Å². The number of rotatable bonds is 6. The number of hydrogen-bond acceptors (Lipinski definition) is 5. The Morgan fingerprint density at radius 3 is 2.50 bits per heavy atom. The number of halogens is 1. The fourth-order valence-corrected chi connectivity index (χ4v) is 3.86. The molecule has 1 fully saturated rings. The van der Waals surface area contributed by atoms with Crippen molar-refractivity contribution in [1.29, 1.82) is 0 Å². The Bertz CT molecular complexity index is 1180. The maximum atomic E-state index is 14.3. The zero-order valence-corrected chi connectivity index (χ0v) is 17.7. The first-order valence-electron chi connectivity index (χ1n) is 10.2. The number of aryl methyl sites for hydroxylation is 1. The molecule has 1 N–H and O–H groups in total. The SMILES string of the molecule is CCc1ccc(C2/C(=C(/O)c3ccc(OC)c(F)c3)C(=O)C(=O)N2Cc2ccco2)cc1. The highest BCUT2D eigenvalue weighted by atomic mass is 19.1. The van der Waals surface area contributed by atoms with Crippen LogP contribution in [0.25, 0.3) is 5.76 Å². The number of furan rings is 1. The van der Waals surface area contributed by atoms with E-state index in [1.807, 2.05) is 31.2 Å². The van der Waals surface area contributed by atoms with Gasteiger partial charge in [-0.3, -0.25) is 9.59 Å². The molecule has 0 saturated carbocycles. The average Bonchev–Trinajstić information content (AvgIpc) is 3.41. The minimum atomic E-state index is -0.851. The highest BCUT2D eigenvalue weighted by Gasteiger charge is 2.46. The van der Waals surface area contributed by atoms with Crippen LogP contribution in [0.2, 0.25) is 0 Å². The number of likely N-dealkylation sites (tertiary alicyclic amines) is 1. The van der Waals surface area contributed by atoms with Crippen LogP contribution in [0, 0.1) is 5.82 Å². The molecule has 1 aliphatic heterocycles. The van der Waals surface area contributed by atoms with Gasteiger partial charge in [0.2, 0.25) is 0 Å². The quantitative estimate of drug-likeness (QED) is 0.347. The summed E-state index contributed by atoms with van der Waals surface area (Å²) < 4.78 is 24.6. The van der Waals surface area contributed by atoms with E-state index in [-0.39, 0.29) is 23.4 Å². The van der Waals surface area contributed by atoms with Crippen molar-refractivity contribution in [1.82, 2.24) is 4.90 Å². The second-order valence-electron chi connectivity index (χ2n) is 7.45. The summed E-state index contributed by atoms with van der Waals surface area (Å²) in [5.41, 5.74) is 1.72. The highest BCUT2D eigenvalue weighted by Crippen LogP contribution is 2.40. The molecule has 0 spiro atoms. The molecule has 0 aliphatic carbocycles. The summed E-state index contributed by atoms with van der Waals surface area (Å²) in [5, 5.41) is 11.0. The normalized spacial score (nSPS) is 17.7. The van der Waals surface area contributed by atoms with Crippen molar-refractivity contribution in [3.8, 4) is 5.75 Å². The number of ketones is 1. The zero-order valence-electron chi connectivity index (χ0n) is 17.7. The molecule has 2 aromatic carbocycles. The molecule has 1 saturated heterocycles. The lowest BCUT2D eigenvalue weighted by Crippen LogP contribution is -2.29.